The third-order valence-electron chi connectivity index (χ3n) is 5.34. The Balaban J connectivity index is 1.25. The van der Waals surface area contributed by atoms with Gasteiger partial charge in [-0.2, -0.15) is 0 Å². The SMILES string of the molecule is CCOc1ccc(OCc2ccc(C(=O)N3CCN(Cc4cccc(Cl)c4)CC3)o2)cc1. The molecule has 4 rings (SSSR count). The van der Waals surface area contributed by atoms with E-state index in [0.29, 0.717) is 37.0 Å². The zero-order valence-corrected chi connectivity index (χ0v) is 18.9. The summed E-state index contributed by atoms with van der Waals surface area (Å²) in [6.45, 7) is 6.61. The second kappa shape index (κ2) is 10.6. The maximum atomic E-state index is 12.8. The van der Waals surface area contributed by atoms with Crippen LogP contribution in [0.3, 0.4) is 0 Å². The van der Waals surface area contributed by atoms with Crippen LogP contribution in [0.1, 0.15) is 28.8 Å². The van der Waals surface area contributed by atoms with Crippen LogP contribution in [0, 0.1) is 0 Å². The number of carbonyl (C=O) groups excluding carboxylic acids is 1. The summed E-state index contributed by atoms with van der Waals surface area (Å²) < 4.78 is 16.9. The zero-order chi connectivity index (χ0) is 22.3. The summed E-state index contributed by atoms with van der Waals surface area (Å²) in [6.07, 6.45) is 0. The van der Waals surface area contributed by atoms with Crippen LogP contribution in [-0.4, -0.2) is 48.5 Å². The molecule has 2 heterocycles. The summed E-state index contributed by atoms with van der Waals surface area (Å²) in [5.74, 6) is 2.40. The fraction of sp³-hybridized carbons (Fsp3) is 0.320. The summed E-state index contributed by atoms with van der Waals surface area (Å²) in [5.41, 5.74) is 1.18. The lowest BCUT2D eigenvalue weighted by Crippen LogP contribution is -2.48. The van der Waals surface area contributed by atoms with Crippen molar-refractivity contribution in [3.63, 3.8) is 0 Å². The van der Waals surface area contributed by atoms with Gasteiger partial charge in [0, 0.05) is 37.7 Å². The van der Waals surface area contributed by atoms with Crippen LogP contribution < -0.4 is 9.47 Å². The number of halogens is 1. The largest absolute Gasteiger partial charge is 0.494 e. The van der Waals surface area contributed by atoms with Crippen molar-refractivity contribution in [2.75, 3.05) is 32.8 Å². The molecule has 7 heteroatoms. The average molecular weight is 455 g/mol. The van der Waals surface area contributed by atoms with Crippen molar-refractivity contribution in [1.29, 1.82) is 0 Å². The van der Waals surface area contributed by atoms with Crippen LogP contribution in [0.2, 0.25) is 5.02 Å². The number of hydrogen-bond donors (Lipinski definition) is 0. The molecule has 1 fully saturated rings. The number of hydrogen-bond acceptors (Lipinski definition) is 5. The molecule has 1 aromatic heterocycles. The maximum Gasteiger partial charge on any atom is 0.289 e. The second-order valence-electron chi connectivity index (χ2n) is 7.66. The van der Waals surface area contributed by atoms with Gasteiger partial charge in [-0.15, -0.1) is 0 Å². The van der Waals surface area contributed by atoms with Crippen LogP contribution in [-0.2, 0) is 13.2 Å². The number of amides is 1. The molecule has 0 saturated carbocycles. The highest BCUT2D eigenvalue weighted by atomic mass is 35.5. The van der Waals surface area contributed by atoms with Gasteiger partial charge in [0.25, 0.3) is 5.91 Å². The van der Waals surface area contributed by atoms with E-state index in [-0.39, 0.29) is 12.5 Å². The fourth-order valence-corrected chi connectivity index (χ4v) is 3.89. The smallest absolute Gasteiger partial charge is 0.289 e. The van der Waals surface area contributed by atoms with E-state index < -0.39 is 0 Å². The Morgan fingerprint density at radius 1 is 0.969 bits per heavy atom. The molecule has 0 bridgehead atoms. The molecule has 6 nitrogen and oxygen atoms in total. The minimum Gasteiger partial charge on any atom is -0.494 e. The third-order valence-corrected chi connectivity index (χ3v) is 5.58. The second-order valence-corrected chi connectivity index (χ2v) is 8.09. The Labute approximate surface area is 193 Å². The summed E-state index contributed by atoms with van der Waals surface area (Å²) in [6, 6.07) is 18.8. The van der Waals surface area contributed by atoms with Gasteiger partial charge in [0.05, 0.1) is 6.61 Å². The molecule has 0 aliphatic carbocycles. The molecule has 32 heavy (non-hydrogen) atoms. The predicted molar refractivity (Wildman–Crippen MR) is 123 cm³/mol. The lowest BCUT2D eigenvalue weighted by atomic mass is 10.2. The molecule has 168 valence electrons. The first-order valence-corrected chi connectivity index (χ1v) is 11.2. The molecule has 0 spiro atoms. The van der Waals surface area contributed by atoms with Crippen molar-refractivity contribution >= 4 is 17.5 Å². The van der Waals surface area contributed by atoms with Gasteiger partial charge in [-0.25, -0.2) is 0 Å². The molecular weight excluding hydrogens is 428 g/mol. The Bertz CT molecular complexity index is 1030. The van der Waals surface area contributed by atoms with Crippen molar-refractivity contribution in [1.82, 2.24) is 9.80 Å². The highest BCUT2D eigenvalue weighted by molar-refractivity contribution is 6.30. The van der Waals surface area contributed by atoms with Gasteiger partial charge in [-0.3, -0.25) is 9.69 Å². The Hall–Kier alpha value is -2.96. The topological polar surface area (TPSA) is 55.2 Å². The van der Waals surface area contributed by atoms with Crippen LogP contribution in [0.25, 0.3) is 0 Å². The fourth-order valence-electron chi connectivity index (χ4n) is 3.68. The zero-order valence-electron chi connectivity index (χ0n) is 18.1. The number of piperazine rings is 1. The summed E-state index contributed by atoms with van der Waals surface area (Å²) in [5, 5.41) is 0.747. The summed E-state index contributed by atoms with van der Waals surface area (Å²) in [4.78, 5) is 17.0. The number of nitrogens with zero attached hydrogens (tertiary/aromatic N) is 2. The van der Waals surface area contributed by atoms with Crippen molar-refractivity contribution in [3.05, 3.63) is 82.8 Å². The minimum atomic E-state index is -0.0836. The van der Waals surface area contributed by atoms with E-state index >= 15 is 0 Å². The molecule has 0 atom stereocenters. The van der Waals surface area contributed by atoms with Gasteiger partial charge in [0.15, 0.2) is 5.76 Å². The molecule has 0 unspecified atom stereocenters. The summed E-state index contributed by atoms with van der Waals surface area (Å²) in [7, 11) is 0. The first-order chi connectivity index (χ1) is 15.6. The van der Waals surface area contributed by atoms with Crippen LogP contribution in [0.4, 0.5) is 0 Å². The van der Waals surface area contributed by atoms with Crippen molar-refractivity contribution in [2.24, 2.45) is 0 Å². The van der Waals surface area contributed by atoms with Crippen molar-refractivity contribution in [2.45, 2.75) is 20.1 Å². The Morgan fingerprint density at radius 3 is 2.38 bits per heavy atom. The molecule has 0 radical (unpaired) electrons. The highest BCUT2D eigenvalue weighted by Crippen LogP contribution is 2.20. The standard InChI is InChI=1S/C25H27ClN2O4/c1-2-30-21-6-8-22(9-7-21)31-18-23-10-11-24(32-23)25(29)28-14-12-27(13-15-28)17-19-4-3-5-20(26)16-19/h3-11,16H,2,12-15,17-18H2,1H3. The number of ether oxygens (including phenoxy) is 2. The number of furan rings is 1. The first kappa shape index (κ1) is 22.2. The third kappa shape index (κ3) is 5.84. The number of carbonyl (C=O) groups is 1. The Morgan fingerprint density at radius 2 is 1.69 bits per heavy atom. The van der Waals surface area contributed by atoms with E-state index in [1.165, 1.54) is 5.56 Å². The molecule has 1 amide bonds. The lowest BCUT2D eigenvalue weighted by molar-refractivity contribution is 0.0594. The van der Waals surface area contributed by atoms with Crippen LogP contribution in [0.15, 0.2) is 65.1 Å². The first-order valence-electron chi connectivity index (χ1n) is 10.8. The monoisotopic (exact) mass is 454 g/mol. The molecule has 1 aliphatic rings. The quantitative estimate of drug-likeness (QED) is 0.486. The van der Waals surface area contributed by atoms with Gasteiger partial charge in [-0.1, -0.05) is 23.7 Å². The number of benzene rings is 2. The predicted octanol–water partition coefficient (Wildman–Crippen LogP) is 4.87. The van der Waals surface area contributed by atoms with Gasteiger partial charge >= 0.3 is 0 Å². The number of rotatable bonds is 8. The van der Waals surface area contributed by atoms with E-state index in [1.54, 1.807) is 12.1 Å². The van der Waals surface area contributed by atoms with E-state index in [0.717, 1.165) is 30.4 Å². The van der Waals surface area contributed by atoms with Gasteiger partial charge in [0.1, 0.15) is 23.9 Å². The van der Waals surface area contributed by atoms with Crippen molar-refractivity contribution < 1.29 is 18.7 Å². The average Bonchev–Trinajstić information content (AvgIpc) is 3.28. The van der Waals surface area contributed by atoms with E-state index in [9.17, 15) is 4.79 Å². The molecule has 1 saturated heterocycles. The summed E-state index contributed by atoms with van der Waals surface area (Å²) >= 11 is 6.08. The van der Waals surface area contributed by atoms with Gasteiger partial charge in [-0.05, 0) is 61.0 Å². The minimum absolute atomic E-state index is 0.0836. The normalized spacial score (nSPS) is 14.4. The lowest BCUT2D eigenvalue weighted by Gasteiger charge is -2.34. The van der Waals surface area contributed by atoms with Gasteiger partial charge < -0.3 is 18.8 Å². The Kier molecular flexibility index (Phi) is 7.35. The van der Waals surface area contributed by atoms with E-state index in [1.807, 2.05) is 54.3 Å². The molecule has 3 aromatic rings. The maximum absolute atomic E-state index is 12.8. The van der Waals surface area contributed by atoms with Gasteiger partial charge in [0.2, 0.25) is 0 Å². The van der Waals surface area contributed by atoms with Crippen LogP contribution >= 0.6 is 11.6 Å². The molecule has 1 aliphatic heterocycles. The van der Waals surface area contributed by atoms with E-state index in [4.69, 9.17) is 25.5 Å². The molecule has 0 N–H and O–H groups in total. The highest BCUT2D eigenvalue weighted by Gasteiger charge is 2.24. The van der Waals surface area contributed by atoms with Crippen LogP contribution in [0.5, 0.6) is 11.5 Å². The van der Waals surface area contributed by atoms with E-state index in [2.05, 4.69) is 11.0 Å². The molecule has 2 aromatic carbocycles. The molecular formula is C25H27ClN2O4. The van der Waals surface area contributed by atoms with Crippen molar-refractivity contribution in [3.8, 4) is 11.5 Å².